The molecule has 2 N–H and O–H groups in total. The Kier molecular flexibility index (Phi) is 7.19. The zero-order valence-electron chi connectivity index (χ0n) is 21.3. The van der Waals surface area contributed by atoms with Crippen molar-refractivity contribution in [1.29, 1.82) is 0 Å². The van der Waals surface area contributed by atoms with Gasteiger partial charge in [0.25, 0.3) is 0 Å². The molecule has 3 aromatic rings. The van der Waals surface area contributed by atoms with Gasteiger partial charge in [0.2, 0.25) is 0 Å². The van der Waals surface area contributed by atoms with Crippen molar-refractivity contribution in [2.45, 2.75) is 70.6 Å². The van der Waals surface area contributed by atoms with Crippen LogP contribution in [-0.4, -0.2) is 22.6 Å². The standard InChI is InChI=1S/C30H34FNO4/c1-19(23-13-14-26(31)25-8-6-5-7-24(23)25)32-30(22-11-9-20(10-12-22)17-27(33)34)16-15-21(18-30)28(35)36-29(2,3)4/h5-14,19,21,32H,15-18H2,1-4H3,(H,33,34)/t19-,21+,30-/m1/s1. The second-order valence-corrected chi connectivity index (χ2v) is 10.9. The molecule has 1 saturated carbocycles. The number of carboxylic acids is 1. The first kappa shape index (κ1) is 25.8. The summed E-state index contributed by atoms with van der Waals surface area (Å²) in [6.45, 7) is 7.66. The third kappa shape index (κ3) is 5.59. The van der Waals surface area contributed by atoms with Gasteiger partial charge in [-0.2, -0.15) is 0 Å². The monoisotopic (exact) mass is 491 g/mol. The van der Waals surface area contributed by atoms with Gasteiger partial charge in [0, 0.05) is 17.0 Å². The Hall–Kier alpha value is -3.25. The molecule has 3 atom stereocenters. The van der Waals surface area contributed by atoms with Crippen LogP contribution in [0, 0.1) is 11.7 Å². The van der Waals surface area contributed by atoms with Crippen molar-refractivity contribution >= 4 is 22.7 Å². The highest BCUT2D eigenvalue weighted by Gasteiger charge is 2.45. The highest BCUT2D eigenvalue weighted by molar-refractivity contribution is 5.86. The molecule has 0 spiro atoms. The van der Waals surface area contributed by atoms with E-state index in [2.05, 4.69) is 12.2 Å². The van der Waals surface area contributed by atoms with Crippen LogP contribution < -0.4 is 5.32 Å². The van der Waals surface area contributed by atoms with Gasteiger partial charge in [-0.15, -0.1) is 0 Å². The molecule has 0 heterocycles. The Morgan fingerprint density at radius 2 is 1.75 bits per heavy atom. The van der Waals surface area contributed by atoms with Crippen LogP contribution in [0.4, 0.5) is 4.39 Å². The third-order valence-corrected chi connectivity index (χ3v) is 6.98. The molecule has 5 nitrogen and oxygen atoms in total. The zero-order valence-corrected chi connectivity index (χ0v) is 21.3. The van der Waals surface area contributed by atoms with Gasteiger partial charge in [-0.1, -0.05) is 54.6 Å². The van der Waals surface area contributed by atoms with Crippen LogP contribution in [0.15, 0.2) is 60.7 Å². The average Bonchev–Trinajstić information content (AvgIpc) is 3.24. The Balaban J connectivity index is 1.68. The fraction of sp³-hybridized carbons (Fsp3) is 0.400. The summed E-state index contributed by atoms with van der Waals surface area (Å²) >= 11 is 0. The SMILES string of the molecule is C[C@@H](N[C@]1(c2ccc(CC(=O)O)cc2)CC[C@H](C(=O)OC(C)(C)C)C1)c1ccc(F)c2ccccc12. The number of carbonyl (C=O) groups is 2. The van der Waals surface area contributed by atoms with Gasteiger partial charge in [-0.05, 0) is 75.1 Å². The van der Waals surface area contributed by atoms with Crippen LogP contribution >= 0.6 is 0 Å². The number of nitrogens with one attached hydrogen (secondary N) is 1. The molecule has 0 aromatic heterocycles. The molecular formula is C30H34FNO4. The van der Waals surface area contributed by atoms with E-state index in [4.69, 9.17) is 9.84 Å². The molecule has 36 heavy (non-hydrogen) atoms. The van der Waals surface area contributed by atoms with Gasteiger partial charge >= 0.3 is 11.9 Å². The molecule has 6 heteroatoms. The lowest BCUT2D eigenvalue weighted by atomic mass is 9.84. The maximum Gasteiger partial charge on any atom is 0.309 e. The highest BCUT2D eigenvalue weighted by Crippen LogP contribution is 2.45. The van der Waals surface area contributed by atoms with E-state index >= 15 is 0 Å². The first-order valence-electron chi connectivity index (χ1n) is 12.5. The molecule has 0 bridgehead atoms. The number of rotatable bonds is 7. The fourth-order valence-corrected chi connectivity index (χ4v) is 5.38. The van der Waals surface area contributed by atoms with E-state index in [0.29, 0.717) is 18.2 Å². The van der Waals surface area contributed by atoms with Gasteiger partial charge < -0.3 is 15.2 Å². The van der Waals surface area contributed by atoms with E-state index in [1.807, 2.05) is 69.3 Å². The number of fused-ring (bicyclic) bond motifs is 1. The number of halogens is 1. The van der Waals surface area contributed by atoms with E-state index in [-0.39, 0.29) is 30.2 Å². The molecular weight excluding hydrogens is 457 g/mol. The number of hydrogen-bond acceptors (Lipinski definition) is 4. The van der Waals surface area contributed by atoms with Crippen molar-refractivity contribution in [3.8, 4) is 0 Å². The van der Waals surface area contributed by atoms with Crippen LogP contribution in [0.1, 0.15) is 69.7 Å². The van der Waals surface area contributed by atoms with E-state index in [9.17, 15) is 14.0 Å². The quantitative estimate of drug-likeness (QED) is 0.380. The summed E-state index contributed by atoms with van der Waals surface area (Å²) in [5.74, 6) is -1.59. The topological polar surface area (TPSA) is 75.6 Å². The maximum absolute atomic E-state index is 14.5. The lowest BCUT2D eigenvalue weighted by molar-refractivity contribution is -0.160. The van der Waals surface area contributed by atoms with Gasteiger partial charge in [-0.3, -0.25) is 9.59 Å². The van der Waals surface area contributed by atoms with Crippen molar-refractivity contribution in [2.75, 3.05) is 0 Å². The lowest BCUT2D eigenvalue weighted by Gasteiger charge is -2.35. The average molecular weight is 492 g/mol. The molecule has 4 rings (SSSR count). The molecule has 1 aliphatic carbocycles. The smallest absolute Gasteiger partial charge is 0.309 e. The van der Waals surface area contributed by atoms with Gasteiger partial charge in [0.15, 0.2) is 0 Å². The lowest BCUT2D eigenvalue weighted by Crippen LogP contribution is -2.42. The Morgan fingerprint density at radius 1 is 1.08 bits per heavy atom. The Morgan fingerprint density at radius 3 is 2.39 bits per heavy atom. The van der Waals surface area contributed by atoms with E-state index < -0.39 is 17.1 Å². The van der Waals surface area contributed by atoms with Crippen LogP contribution in [0.25, 0.3) is 10.8 Å². The molecule has 190 valence electrons. The van der Waals surface area contributed by atoms with Crippen LogP contribution in [0.2, 0.25) is 0 Å². The summed E-state index contributed by atoms with van der Waals surface area (Å²) in [5.41, 5.74) is 1.63. The summed E-state index contributed by atoms with van der Waals surface area (Å²) in [6, 6.07) is 18.2. The second kappa shape index (κ2) is 10.0. The van der Waals surface area contributed by atoms with Gasteiger partial charge in [-0.25, -0.2) is 4.39 Å². The number of carbonyl (C=O) groups excluding carboxylic acids is 1. The van der Waals surface area contributed by atoms with Crippen LogP contribution in [-0.2, 0) is 26.3 Å². The number of esters is 1. The van der Waals surface area contributed by atoms with Gasteiger partial charge in [0.1, 0.15) is 11.4 Å². The van der Waals surface area contributed by atoms with Gasteiger partial charge in [0.05, 0.1) is 12.3 Å². The van der Waals surface area contributed by atoms with E-state index in [1.165, 1.54) is 6.07 Å². The number of hydrogen-bond donors (Lipinski definition) is 2. The third-order valence-electron chi connectivity index (χ3n) is 6.98. The number of ether oxygens (including phenoxy) is 1. The highest BCUT2D eigenvalue weighted by atomic mass is 19.1. The summed E-state index contributed by atoms with van der Waals surface area (Å²) in [4.78, 5) is 24.1. The summed E-state index contributed by atoms with van der Waals surface area (Å²) in [6.07, 6.45) is 1.91. The minimum atomic E-state index is -0.877. The van der Waals surface area contributed by atoms with Crippen molar-refractivity contribution < 1.29 is 23.8 Å². The minimum Gasteiger partial charge on any atom is -0.481 e. The normalized spacial score (nSPS) is 20.9. The summed E-state index contributed by atoms with van der Waals surface area (Å²) in [7, 11) is 0. The van der Waals surface area contributed by atoms with E-state index in [0.717, 1.165) is 28.5 Å². The number of aliphatic carboxylic acids is 1. The van der Waals surface area contributed by atoms with Crippen molar-refractivity contribution in [3.05, 3.63) is 83.2 Å². The molecule has 0 unspecified atom stereocenters. The largest absolute Gasteiger partial charge is 0.481 e. The second-order valence-electron chi connectivity index (χ2n) is 10.9. The molecule has 1 fully saturated rings. The molecule has 0 saturated heterocycles. The van der Waals surface area contributed by atoms with Crippen LogP contribution in [0.3, 0.4) is 0 Å². The predicted molar refractivity (Wildman–Crippen MR) is 138 cm³/mol. The van der Waals surface area contributed by atoms with E-state index in [1.54, 1.807) is 6.07 Å². The molecule has 0 radical (unpaired) electrons. The minimum absolute atomic E-state index is 0.0424. The summed E-state index contributed by atoms with van der Waals surface area (Å²) in [5, 5.41) is 14.4. The maximum atomic E-state index is 14.5. The predicted octanol–water partition coefficient (Wildman–Crippen LogP) is 6.29. The molecule has 3 aromatic carbocycles. The number of benzene rings is 3. The zero-order chi connectivity index (χ0) is 26.1. The fourth-order valence-electron chi connectivity index (χ4n) is 5.38. The van der Waals surface area contributed by atoms with Crippen molar-refractivity contribution in [1.82, 2.24) is 5.32 Å². The Labute approximate surface area is 211 Å². The van der Waals surface area contributed by atoms with Crippen molar-refractivity contribution in [2.24, 2.45) is 5.92 Å². The van der Waals surface area contributed by atoms with Crippen LogP contribution in [0.5, 0.6) is 0 Å². The molecule has 1 aliphatic rings. The molecule has 0 aliphatic heterocycles. The first-order valence-corrected chi connectivity index (χ1v) is 12.5. The first-order chi connectivity index (χ1) is 17.0. The van der Waals surface area contributed by atoms with Crippen molar-refractivity contribution in [3.63, 3.8) is 0 Å². The summed E-state index contributed by atoms with van der Waals surface area (Å²) < 4.78 is 20.2. The Bertz CT molecular complexity index is 1260. The molecule has 0 amide bonds. The number of carboxylic acid groups (broad SMARTS) is 1.